The Morgan fingerprint density at radius 1 is 1.24 bits per heavy atom. The summed E-state index contributed by atoms with van der Waals surface area (Å²) in [6, 6.07) is 1.80. The molecule has 0 saturated carbocycles. The second kappa shape index (κ2) is 11.2. The zero-order valence-electron chi connectivity index (χ0n) is 14.2. The molecule has 3 heteroatoms. The number of hydrogen-bond donors (Lipinski definition) is 0. The van der Waals surface area contributed by atoms with Crippen molar-refractivity contribution in [3.8, 4) is 0 Å². The Kier molecular flexibility index (Phi) is 10.4. The first kappa shape index (κ1) is 19.5. The maximum atomic E-state index is 11.0. The van der Waals surface area contributed by atoms with Crippen molar-refractivity contribution >= 4 is 11.4 Å². The number of hydrogen-bond acceptors (Lipinski definition) is 3. The molecule has 0 saturated heterocycles. The number of ketones is 1. The average molecular weight is 291 g/mol. The maximum absolute atomic E-state index is 11.0. The van der Waals surface area contributed by atoms with Crippen LogP contribution in [-0.4, -0.2) is 24.0 Å². The van der Waals surface area contributed by atoms with Crippen LogP contribution in [0.5, 0.6) is 0 Å². The third-order valence-electron chi connectivity index (χ3n) is 2.92. The van der Waals surface area contributed by atoms with Gasteiger partial charge in [-0.3, -0.25) is 9.78 Å². The van der Waals surface area contributed by atoms with Crippen LogP contribution in [0.2, 0.25) is 0 Å². The molecule has 1 aromatic heterocycles. The highest BCUT2D eigenvalue weighted by molar-refractivity contribution is 5.92. The van der Waals surface area contributed by atoms with E-state index in [1.165, 1.54) is 19.8 Å². The van der Waals surface area contributed by atoms with E-state index in [2.05, 4.69) is 25.4 Å². The predicted octanol–water partition coefficient (Wildman–Crippen LogP) is 4.84. The molecule has 1 aromatic rings. The third-order valence-corrected chi connectivity index (χ3v) is 2.92. The lowest BCUT2D eigenvalue weighted by molar-refractivity contribution is 0.101. The Hall–Kier alpha value is -1.48. The Morgan fingerprint density at radius 3 is 2.33 bits per heavy atom. The fourth-order valence-electron chi connectivity index (χ4n) is 1.69. The lowest BCUT2D eigenvalue weighted by Gasteiger charge is -2.04. The number of allylic oxidation sites excluding steroid dienone is 1. The summed E-state index contributed by atoms with van der Waals surface area (Å²) in [5, 5.41) is 0. The van der Waals surface area contributed by atoms with Crippen molar-refractivity contribution in [3.63, 3.8) is 0 Å². The molecule has 0 radical (unpaired) electrons. The topological polar surface area (TPSA) is 39.2 Å². The van der Waals surface area contributed by atoms with Crippen LogP contribution in [0.15, 0.2) is 18.8 Å². The van der Waals surface area contributed by atoms with Crippen molar-refractivity contribution in [2.45, 2.75) is 53.9 Å². The molecule has 0 atom stereocenters. The van der Waals surface area contributed by atoms with Crippen LogP contribution in [0, 0.1) is 6.92 Å². The molecule has 0 unspecified atom stereocenters. The van der Waals surface area contributed by atoms with Crippen LogP contribution < -0.4 is 0 Å². The normalized spacial score (nSPS) is 9.76. The van der Waals surface area contributed by atoms with Gasteiger partial charge in [-0.05, 0) is 49.5 Å². The number of Topliss-reactive ketones (excluding diaryl/α,β-unsaturated/α-hetero) is 1. The van der Waals surface area contributed by atoms with E-state index in [-0.39, 0.29) is 5.78 Å². The third kappa shape index (κ3) is 8.41. The van der Waals surface area contributed by atoms with Gasteiger partial charge < -0.3 is 4.74 Å². The minimum atomic E-state index is -0.00337. The first-order chi connectivity index (χ1) is 9.93. The first-order valence-electron chi connectivity index (χ1n) is 7.65. The van der Waals surface area contributed by atoms with Crippen LogP contribution in [0.25, 0.3) is 5.57 Å². The highest BCUT2D eigenvalue weighted by Gasteiger charge is 2.04. The van der Waals surface area contributed by atoms with Gasteiger partial charge in [-0.1, -0.05) is 26.8 Å². The van der Waals surface area contributed by atoms with Gasteiger partial charge in [-0.25, -0.2) is 0 Å². The fraction of sp³-hybridized carbons (Fsp3) is 0.556. The second-order valence-corrected chi connectivity index (χ2v) is 5.19. The molecule has 0 aliphatic rings. The monoisotopic (exact) mass is 291 g/mol. The number of carbonyl (C=O) groups excluding carboxylic acids is 1. The molecule has 0 amide bonds. The SMILES string of the molecule is C=C(C)c1cnc(C(C)=O)cc1C.CCCCOCCC. The van der Waals surface area contributed by atoms with E-state index < -0.39 is 0 Å². The van der Waals surface area contributed by atoms with Crippen molar-refractivity contribution in [3.05, 3.63) is 35.7 Å². The van der Waals surface area contributed by atoms with Crippen LogP contribution in [0.3, 0.4) is 0 Å². The standard InChI is InChI=1S/C11H13NO.C7H16O/c1-7(2)10-6-12-11(9(4)13)5-8(10)3;1-3-5-7-8-6-4-2/h5-6H,1H2,2-4H3;3-7H2,1-2H3. The number of rotatable bonds is 7. The van der Waals surface area contributed by atoms with Crippen molar-refractivity contribution in [1.29, 1.82) is 0 Å². The van der Waals surface area contributed by atoms with Gasteiger partial charge in [0.15, 0.2) is 5.78 Å². The molecule has 1 heterocycles. The molecule has 118 valence electrons. The van der Waals surface area contributed by atoms with E-state index in [4.69, 9.17) is 4.74 Å². The Labute approximate surface area is 129 Å². The van der Waals surface area contributed by atoms with E-state index in [0.29, 0.717) is 5.69 Å². The van der Waals surface area contributed by atoms with E-state index in [1.54, 1.807) is 12.3 Å². The summed E-state index contributed by atoms with van der Waals surface area (Å²) >= 11 is 0. The number of ether oxygens (including phenoxy) is 1. The van der Waals surface area contributed by atoms with Crippen molar-refractivity contribution in [1.82, 2.24) is 4.98 Å². The summed E-state index contributed by atoms with van der Waals surface area (Å²) in [6.07, 6.45) is 5.29. The van der Waals surface area contributed by atoms with Gasteiger partial charge in [-0.2, -0.15) is 0 Å². The quantitative estimate of drug-likeness (QED) is 0.533. The minimum absolute atomic E-state index is 0.00337. The molecule has 0 aliphatic carbocycles. The van der Waals surface area contributed by atoms with Gasteiger partial charge in [-0.15, -0.1) is 0 Å². The zero-order chi connectivity index (χ0) is 16.3. The second-order valence-electron chi connectivity index (χ2n) is 5.19. The van der Waals surface area contributed by atoms with E-state index in [9.17, 15) is 4.79 Å². The Bertz CT molecular complexity index is 447. The molecule has 1 rings (SSSR count). The van der Waals surface area contributed by atoms with Gasteiger partial charge in [0.1, 0.15) is 5.69 Å². The van der Waals surface area contributed by atoms with E-state index in [0.717, 1.165) is 36.3 Å². The van der Waals surface area contributed by atoms with E-state index in [1.807, 2.05) is 13.8 Å². The summed E-state index contributed by atoms with van der Waals surface area (Å²) < 4.78 is 5.22. The zero-order valence-corrected chi connectivity index (χ0v) is 14.2. The molecule has 0 bridgehead atoms. The van der Waals surface area contributed by atoms with Gasteiger partial charge in [0.05, 0.1) is 0 Å². The number of pyridine rings is 1. The average Bonchev–Trinajstić information content (AvgIpc) is 2.44. The van der Waals surface area contributed by atoms with Gasteiger partial charge >= 0.3 is 0 Å². The lowest BCUT2D eigenvalue weighted by atomic mass is 10.0. The largest absolute Gasteiger partial charge is 0.381 e. The summed E-state index contributed by atoms with van der Waals surface area (Å²) in [7, 11) is 0. The molecule has 0 spiro atoms. The predicted molar refractivity (Wildman–Crippen MR) is 89.7 cm³/mol. The highest BCUT2D eigenvalue weighted by atomic mass is 16.5. The van der Waals surface area contributed by atoms with Gasteiger partial charge in [0.25, 0.3) is 0 Å². The van der Waals surface area contributed by atoms with Crippen LogP contribution in [-0.2, 0) is 4.74 Å². The van der Waals surface area contributed by atoms with E-state index >= 15 is 0 Å². The molecule has 0 fully saturated rings. The number of nitrogens with zero attached hydrogens (tertiary/aromatic N) is 1. The smallest absolute Gasteiger partial charge is 0.178 e. The molecule has 0 aliphatic heterocycles. The molecular weight excluding hydrogens is 262 g/mol. The summed E-state index contributed by atoms with van der Waals surface area (Å²) in [6.45, 7) is 15.4. The minimum Gasteiger partial charge on any atom is -0.381 e. The van der Waals surface area contributed by atoms with Crippen molar-refractivity contribution < 1.29 is 9.53 Å². The fourth-order valence-corrected chi connectivity index (χ4v) is 1.69. The molecule has 0 N–H and O–H groups in total. The van der Waals surface area contributed by atoms with Crippen LogP contribution >= 0.6 is 0 Å². The summed E-state index contributed by atoms with van der Waals surface area (Å²) in [5.74, 6) is -0.00337. The van der Waals surface area contributed by atoms with Crippen LogP contribution in [0.4, 0.5) is 0 Å². The molecule has 21 heavy (non-hydrogen) atoms. The number of aromatic nitrogens is 1. The highest BCUT2D eigenvalue weighted by Crippen LogP contribution is 2.16. The summed E-state index contributed by atoms with van der Waals surface area (Å²) in [4.78, 5) is 15.0. The Morgan fingerprint density at radius 2 is 1.90 bits per heavy atom. The molecule has 0 aromatic carbocycles. The number of unbranched alkanes of at least 4 members (excludes halogenated alkanes) is 1. The first-order valence-corrected chi connectivity index (χ1v) is 7.65. The number of aryl methyl sites for hydroxylation is 1. The summed E-state index contributed by atoms with van der Waals surface area (Å²) in [5.41, 5.74) is 3.56. The van der Waals surface area contributed by atoms with Crippen LogP contribution in [0.1, 0.15) is 68.6 Å². The van der Waals surface area contributed by atoms with Gasteiger partial charge in [0, 0.05) is 26.3 Å². The molecule has 3 nitrogen and oxygen atoms in total. The lowest BCUT2D eigenvalue weighted by Crippen LogP contribution is -1.98. The van der Waals surface area contributed by atoms with Gasteiger partial charge in [0.2, 0.25) is 0 Å². The van der Waals surface area contributed by atoms with Crippen molar-refractivity contribution in [2.24, 2.45) is 0 Å². The Balaban J connectivity index is 0.000000433. The van der Waals surface area contributed by atoms with Crippen molar-refractivity contribution in [2.75, 3.05) is 13.2 Å². The molecular formula is C18H29NO2. The number of carbonyl (C=O) groups is 1. The maximum Gasteiger partial charge on any atom is 0.178 e.